The summed E-state index contributed by atoms with van der Waals surface area (Å²) in [7, 11) is -4.37. The highest BCUT2D eigenvalue weighted by Crippen LogP contribution is 2.14. The van der Waals surface area contributed by atoms with Gasteiger partial charge in [-0.3, -0.25) is 4.55 Å². The molecule has 0 radical (unpaired) electrons. The quantitative estimate of drug-likeness (QED) is 0.504. The van der Waals surface area contributed by atoms with Crippen LogP contribution in [0.5, 0.6) is 0 Å². The van der Waals surface area contributed by atoms with Gasteiger partial charge in [0.2, 0.25) is 0 Å². The third kappa shape index (κ3) is 1.93. The molecule has 0 heterocycles. The first kappa shape index (κ1) is 8.95. The Morgan fingerprint density at radius 1 is 1.33 bits per heavy atom. The molecule has 0 bridgehead atoms. The SMILES string of the molecule is Nc1cc(F)cc(S(=O)(=O)O)c1. The molecule has 66 valence electrons. The first-order chi connectivity index (χ1) is 5.39. The summed E-state index contributed by atoms with van der Waals surface area (Å²) in [4.78, 5) is -0.542. The minimum absolute atomic E-state index is 0.0531. The molecule has 0 spiro atoms. The van der Waals surface area contributed by atoms with Crippen molar-refractivity contribution in [3.05, 3.63) is 24.0 Å². The van der Waals surface area contributed by atoms with E-state index < -0.39 is 20.8 Å². The van der Waals surface area contributed by atoms with Crippen LogP contribution in [0.25, 0.3) is 0 Å². The van der Waals surface area contributed by atoms with Crippen molar-refractivity contribution in [3.8, 4) is 0 Å². The molecular weight excluding hydrogens is 185 g/mol. The minimum atomic E-state index is -4.37. The van der Waals surface area contributed by atoms with Crippen molar-refractivity contribution in [3.63, 3.8) is 0 Å². The van der Waals surface area contributed by atoms with Gasteiger partial charge in [-0.1, -0.05) is 0 Å². The largest absolute Gasteiger partial charge is 0.399 e. The van der Waals surface area contributed by atoms with Gasteiger partial charge in [-0.2, -0.15) is 8.42 Å². The Hall–Kier alpha value is -1.14. The van der Waals surface area contributed by atoms with E-state index in [4.69, 9.17) is 10.3 Å². The van der Waals surface area contributed by atoms with Gasteiger partial charge in [0, 0.05) is 5.69 Å². The molecule has 6 heteroatoms. The fourth-order valence-corrected chi connectivity index (χ4v) is 1.28. The van der Waals surface area contributed by atoms with Gasteiger partial charge in [0.1, 0.15) is 5.82 Å². The zero-order chi connectivity index (χ0) is 9.35. The van der Waals surface area contributed by atoms with Crippen molar-refractivity contribution in [1.29, 1.82) is 0 Å². The lowest BCUT2D eigenvalue weighted by atomic mass is 10.3. The van der Waals surface area contributed by atoms with E-state index >= 15 is 0 Å². The van der Waals surface area contributed by atoms with Gasteiger partial charge in [-0.25, -0.2) is 4.39 Å². The van der Waals surface area contributed by atoms with Crippen molar-refractivity contribution >= 4 is 15.8 Å². The van der Waals surface area contributed by atoms with Gasteiger partial charge in [-0.05, 0) is 18.2 Å². The minimum Gasteiger partial charge on any atom is -0.399 e. The normalized spacial score (nSPS) is 11.5. The number of nitrogens with two attached hydrogens (primary N) is 1. The number of hydrogen-bond donors (Lipinski definition) is 2. The Morgan fingerprint density at radius 3 is 2.33 bits per heavy atom. The molecule has 0 saturated heterocycles. The van der Waals surface area contributed by atoms with Gasteiger partial charge in [0.15, 0.2) is 0 Å². The third-order valence-corrected chi connectivity index (χ3v) is 2.02. The highest BCUT2D eigenvalue weighted by Gasteiger charge is 2.10. The summed E-state index contributed by atoms with van der Waals surface area (Å²) in [6, 6.07) is 2.61. The second kappa shape index (κ2) is 2.72. The molecule has 1 rings (SSSR count). The lowest BCUT2D eigenvalue weighted by Crippen LogP contribution is -2.00. The van der Waals surface area contributed by atoms with Crippen molar-refractivity contribution in [2.75, 3.05) is 5.73 Å². The number of nitrogen functional groups attached to an aromatic ring is 1. The van der Waals surface area contributed by atoms with Gasteiger partial charge < -0.3 is 5.73 Å². The molecule has 12 heavy (non-hydrogen) atoms. The first-order valence-corrected chi connectivity index (χ1v) is 4.37. The van der Waals surface area contributed by atoms with Crippen molar-refractivity contribution in [1.82, 2.24) is 0 Å². The van der Waals surface area contributed by atoms with Crippen LogP contribution in [0.4, 0.5) is 10.1 Å². The number of halogens is 1. The number of hydrogen-bond acceptors (Lipinski definition) is 3. The maximum Gasteiger partial charge on any atom is 0.294 e. The van der Waals surface area contributed by atoms with Crippen LogP contribution in [0.1, 0.15) is 0 Å². The molecule has 0 amide bonds. The fraction of sp³-hybridized carbons (Fsp3) is 0. The summed E-state index contributed by atoms with van der Waals surface area (Å²) in [6.07, 6.45) is 0. The predicted molar refractivity (Wildman–Crippen MR) is 40.6 cm³/mol. The predicted octanol–water partition coefficient (Wildman–Crippen LogP) is 0.655. The molecule has 0 aliphatic carbocycles. The molecule has 0 atom stereocenters. The average molecular weight is 191 g/mol. The van der Waals surface area contributed by atoms with E-state index in [0.29, 0.717) is 6.07 Å². The standard InChI is InChI=1S/C6H6FNO3S/c7-4-1-5(8)3-6(2-4)12(9,10)11/h1-3H,8H2,(H,9,10,11). The van der Waals surface area contributed by atoms with Crippen LogP contribution in [0.2, 0.25) is 0 Å². The highest BCUT2D eigenvalue weighted by atomic mass is 32.2. The Labute approximate surface area is 68.6 Å². The molecule has 4 nitrogen and oxygen atoms in total. The summed E-state index contributed by atoms with van der Waals surface area (Å²) in [5, 5.41) is 0. The molecule has 1 aromatic rings. The lowest BCUT2D eigenvalue weighted by Gasteiger charge is -1.98. The van der Waals surface area contributed by atoms with Crippen LogP contribution in [0, 0.1) is 5.82 Å². The molecule has 3 N–H and O–H groups in total. The maximum atomic E-state index is 12.5. The third-order valence-electron chi connectivity index (χ3n) is 1.19. The second-order valence-corrected chi connectivity index (χ2v) is 3.62. The summed E-state index contributed by atoms with van der Waals surface area (Å²) in [6.45, 7) is 0. The van der Waals surface area contributed by atoms with Crippen molar-refractivity contribution < 1.29 is 17.4 Å². The van der Waals surface area contributed by atoms with Gasteiger partial charge in [0.25, 0.3) is 10.1 Å². The molecule has 0 unspecified atom stereocenters. The number of benzene rings is 1. The summed E-state index contributed by atoms with van der Waals surface area (Å²) in [5.41, 5.74) is 5.09. The molecule has 0 aromatic heterocycles. The molecular formula is C6H6FNO3S. The van der Waals surface area contributed by atoms with Crippen LogP contribution < -0.4 is 5.73 Å². The van der Waals surface area contributed by atoms with E-state index in [1.165, 1.54) is 0 Å². The van der Waals surface area contributed by atoms with Crippen molar-refractivity contribution in [2.24, 2.45) is 0 Å². The first-order valence-electron chi connectivity index (χ1n) is 2.93. The van der Waals surface area contributed by atoms with E-state index in [9.17, 15) is 12.8 Å². The average Bonchev–Trinajstić information content (AvgIpc) is 1.82. The Morgan fingerprint density at radius 2 is 1.92 bits per heavy atom. The lowest BCUT2D eigenvalue weighted by molar-refractivity contribution is 0.482. The van der Waals surface area contributed by atoms with Gasteiger partial charge in [-0.15, -0.1) is 0 Å². The van der Waals surface area contributed by atoms with Gasteiger partial charge in [0.05, 0.1) is 4.90 Å². The highest BCUT2D eigenvalue weighted by molar-refractivity contribution is 7.85. The molecule has 1 aromatic carbocycles. The topological polar surface area (TPSA) is 80.4 Å². The molecule has 0 saturated carbocycles. The van der Waals surface area contributed by atoms with Crippen LogP contribution in [-0.4, -0.2) is 13.0 Å². The van der Waals surface area contributed by atoms with Gasteiger partial charge >= 0.3 is 0 Å². The fourth-order valence-electron chi connectivity index (χ4n) is 0.733. The monoisotopic (exact) mass is 191 g/mol. The second-order valence-electron chi connectivity index (χ2n) is 2.20. The Balaban J connectivity index is 3.37. The number of rotatable bonds is 1. The van der Waals surface area contributed by atoms with E-state index in [0.717, 1.165) is 12.1 Å². The van der Waals surface area contributed by atoms with Crippen LogP contribution in [0.15, 0.2) is 23.1 Å². The summed E-state index contributed by atoms with van der Waals surface area (Å²) < 4.78 is 41.9. The smallest absolute Gasteiger partial charge is 0.294 e. The Kier molecular flexibility index (Phi) is 2.03. The van der Waals surface area contributed by atoms with Crippen LogP contribution in [0.3, 0.4) is 0 Å². The van der Waals surface area contributed by atoms with E-state index in [1.807, 2.05) is 0 Å². The van der Waals surface area contributed by atoms with E-state index in [1.54, 1.807) is 0 Å². The molecule has 0 aliphatic heterocycles. The maximum absolute atomic E-state index is 12.5. The van der Waals surface area contributed by atoms with Crippen molar-refractivity contribution in [2.45, 2.75) is 4.90 Å². The summed E-state index contributed by atoms with van der Waals surface area (Å²) >= 11 is 0. The molecule has 0 aliphatic rings. The zero-order valence-corrected chi connectivity index (χ0v) is 6.68. The molecule has 0 fully saturated rings. The summed E-state index contributed by atoms with van der Waals surface area (Å²) in [5.74, 6) is -0.803. The van der Waals surface area contributed by atoms with E-state index in [-0.39, 0.29) is 5.69 Å². The van der Waals surface area contributed by atoms with Crippen LogP contribution >= 0.6 is 0 Å². The van der Waals surface area contributed by atoms with Crippen LogP contribution in [-0.2, 0) is 10.1 Å². The number of anilines is 1. The zero-order valence-electron chi connectivity index (χ0n) is 5.86. The van der Waals surface area contributed by atoms with E-state index in [2.05, 4.69) is 0 Å². The Bertz CT molecular complexity index is 381.